The van der Waals surface area contributed by atoms with E-state index in [1.165, 1.54) is 31.2 Å². The molecule has 1 saturated carbocycles. The third-order valence-electron chi connectivity index (χ3n) is 6.44. The first kappa shape index (κ1) is 15.9. The molecule has 2 aliphatic carbocycles. The third-order valence-corrected chi connectivity index (χ3v) is 6.44. The summed E-state index contributed by atoms with van der Waals surface area (Å²) in [5.41, 5.74) is 11.8. The molecule has 2 aromatic carbocycles. The van der Waals surface area contributed by atoms with Crippen LogP contribution in [0.1, 0.15) is 84.9 Å². The minimum absolute atomic E-state index is 0.777. The Bertz CT molecular complexity index is 754. The van der Waals surface area contributed by atoms with Gasteiger partial charge in [0.25, 0.3) is 0 Å². The van der Waals surface area contributed by atoms with Gasteiger partial charge in [-0.05, 0) is 88.8 Å². The molecule has 2 aliphatic rings. The van der Waals surface area contributed by atoms with E-state index in [-0.39, 0.29) is 0 Å². The Kier molecular flexibility index (Phi) is 4.03. The van der Waals surface area contributed by atoms with Crippen LogP contribution in [-0.4, -0.2) is 0 Å². The Morgan fingerprint density at radius 2 is 1.54 bits per heavy atom. The molecular formula is C24H30. The molecule has 0 N–H and O–H groups in total. The zero-order chi connectivity index (χ0) is 16.8. The summed E-state index contributed by atoms with van der Waals surface area (Å²) in [6, 6.07) is 11.1. The molecule has 0 nitrogen and oxygen atoms in total. The first-order valence-electron chi connectivity index (χ1n) is 9.88. The number of hydrogen-bond acceptors (Lipinski definition) is 0. The molecule has 0 saturated heterocycles. The van der Waals surface area contributed by atoms with Crippen LogP contribution in [0, 0.1) is 5.92 Å². The number of fused-ring (bicyclic) bond motifs is 1. The zero-order valence-electron chi connectivity index (χ0n) is 15.7. The van der Waals surface area contributed by atoms with Crippen LogP contribution in [-0.2, 0) is 25.7 Å². The summed E-state index contributed by atoms with van der Waals surface area (Å²) >= 11 is 0. The van der Waals surface area contributed by atoms with Gasteiger partial charge in [0.1, 0.15) is 0 Å². The van der Waals surface area contributed by atoms with Gasteiger partial charge in [-0.15, -0.1) is 0 Å². The van der Waals surface area contributed by atoms with E-state index in [1.54, 1.807) is 33.4 Å². The molecule has 0 heterocycles. The second kappa shape index (κ2) is 6.06. The maximum Gasteiger partial charge on any atom is -0.00200 e. The molecule has 1 fully saturated rings. The van der Waals surface area contributed by atoms with Crippen LogP contribution in [0.3, 0.4) is 0 Å². The minimum Gasteiger partial charge on any atom is -0.0622 e. The van der Waals surface area contributed by atoms with Gasteiger partial charge >= 0.3 is 0 Å². The van der Waals surface area contributed by atoms with Crippen LogP contribution >= 0.6 is 0 Å². The van der Waals surface area contributed by atoms with E-state index in [9.17, 15) is 0 Å². The fourth-order valence-electron chi connectivity index (χ4n) is 5.11. The predicted molar refractivity (Wildman–Crippen MR) is 103 cm³/mol. The summed E-state index contributed by atoms with van der Waals surface area (Å²) in [7, 11) is 0. The Morgan fingerprint density at radius 3 is 2.08 bits per heavy atom. The highest BCUT2D eigenvalue weighted by molar-refractivity contribution is 5.61. The van der Waals surface area contributed by atoms with Crippen molar-refractivity contribution in [3.05, 3.63) is 69.3 Å². The largest absolute Gasteiger partial charge is 0.0622 e. The highest BCUT2D eigenvalue weighted by atomic mass is 14.5. The molecule has 24 heavy (non-hydrogen) atoms. The topological polar surface area (TPSA) is 0 Å². The van der Waals surface area contributed by atoms with Gasteiger partial charge in [0.15, 0.2) is 0 Å². The Labute approximate surface area is 147 Å². The molecule has 3 atom stereocenters. The highest BCUT2D eigenvalue weighted by Gasteiger charge is 2.42. The van der Waals surface area contributed by atoms with Crippen molar-refractivity contribution in [2.45, 2.75) is 71.6 Å². The van der Waals surface area contributed by atoms with Gasteiger partial charge in [0.2, 0.25) is 0 Å². The molecule has 0 aromatic heterocycles. The van der Waals surface area contributed by atoms with Gasteiger partial charge in [-0.2, -0.15) is 0 Å². The van der Waals surface area contributed by atoms with Gasteiger partial charge < -0.3 is 0 Å². The van der Waals surface area contributed by atoms with Gasteiger partial charge in [-0.25, -0.2) is 0 Å². The van der Waals surface area contributed by atoms with Gasteiger partial charge in [-0.3, -0.25) is 0 Å². The number of benzene rings is 2. The fourth-order valence-corrected chi connectivity index (χ4v) is 5.11. The van der Waals surface area contributed by atoms with Crippen molar-refractivity contribution in [3.63, 3.8) is 0 Å². The van der Waals surface area contributed by atoms with Crippen molar-refractivity contribution in [2.24, 2.45) is 5.92 Å². The molecule has 0 spiro atoms. The van der Waals surface area contributed by atoms with Crippen molar-refractivity contribution in [1.29, 1.82) is 0 Å². The first-order valence-corrected chi connectivity index (χ1v) is 9.88. The van der Waals surface area contributed by atoms with Crippen molar-refractivity contribution in [1.82, 2.24) is 0 Å². The van der Waals surface area contributed by atoms with Gasteiger partial charge in [0, 0.05) is 0 Å². The molecule has 3 unspecified atom stereocenters. The summed E-state index contributed by atoms with van der Waals surface area (Å²) in [6.07, 6.45) is 6.21. The lowest BCUT2D eigenvalue weighted by Gasteiger charge is -2.37. The van der Waals surface area contributed by atoms with E-state index < -0.39 is 0 Å². The van der Waals surface area contributed by atoms with Crippen LogP contribution < -0.4 is 0 Å². The lowest BCUT2D eigenvalue weighted by molar-refractivity contribution is 0.634. The molecule has 0 bridgehead atoms. The molecule has 0 aliphatic heterocycles. The standard InChI is InChI=1S/C24H30/c1-5-18-19(6-2)23-16(4)13-22(23)24(20-12-15(20)3)21(18)14-17-10-8-7-9-11-17/h7-11,15-16,20H,5-6,12-14H2,1-4H3. The monoisotopic (exact) mass is 318 g/mol. The van der Waals surface area contributed by atoms with Crippen molar-refractivity contribution in [2.75, 3.05) is 0 Å². The second-order valence-corrected chi connectivity index (χ2v) is 8.04. The van der Waals surface area contributed by atoms with E-state index in [4.69, 9.17) is 0 Å². The fraction of sp³-hybridized carbons (Fsp3) is 0.500. The van der Waals surface area contributed by atoms with Crippen LogP contribution in [0.25, 0.3) is 0 Å². The molecule has 0 radical (unpaired) electrons. The molecule has 0 amide bonds. The summed E-state index contributed by atoms with van der Waals surface area (Å²) in [6.45, 7) is 9.58. The number of hydrogen-bond donors (Lipinski definition) is 0. The van der Waals surface area contributed by atoms with E-state index in [0.29, 0.717) is 0 Å². The second-order valence-electron chi connectivity index (χ2n) is 8.04. The van der Waals surface area contributed by atoms with Crippen molar-refractivity contribution < 1.29 is 0 Å². The van der Waals surface area contributed by atoms with Crippen molar-refractivity contribution in [3.8, 4) is 0 Å². The molecule has 4 rings (SSSR count). The van der Waals surface area contributed by atoms with Crippen LogP contribution in [0.5, 0.6) is 0 Å². The van der Waals surface area contributed by atoms with Crippen LogP contribution in [0.2, 0.25) is 0 Å². The SMILES string of the molecule is CCc1c(CC)c2c(c(C3CC3C)c1Cc1ccccc1)CC2C. The molecule has 126 valence electrons. The summed E-state index contributed by atoms with van der Waals surface area (Å²) in [4.78, 5) is 0. The number of rotatable bonds is 5. The van der Waals surface area contributed by atoms with E-state index >= 15 is 0 Å². The predicted octanol–water partition coefficient (Wildman–Crippen LogP) is 6.19. The maximum atomic E-state index is 2.44. The Balaban J connectivity index is 1.91. The highest BCUT2D eigenvalue weighted by Crippen LogP contribution is 2.55. The van der Waals surface area contributed by atoms with Crippen LogP contribution in [0.4, 0.5) is 0 Å². The van der Waals surface area contributed by atoms with Gasteiger partial charge in [0.05, 0.1) is 0 Å². The van der Waals surface area contributed by atoms with Gasteiger partial charge in [-0.1, -0.05) is 58.0 Å². The normalized spacial score (nSPS) is 24.4. The third kappa shape index (κ3) is 2.42. The summed E-state index contributed by atoms with van der Waals surface area (Å²) in [5.74, 6) is 2.50. The lowest BCUT2D eigenvalue weighted by atomic mass is 9.68. The molecule has 0 heteroatoms. The maximum absolute atomic E-state index is 2.44. The lowest BCUT2D eigenvalue weighted by Crippen LogP contribution is -2.23. The summed E-state index contributed by atoms with van der Waals surface area (Å²) < 4.78 is 0. The van der Waals surface area contributed by atoms with E-state index in [2.05, 4.69) is 58.0 Å². The first-order chi connectivity index (χ1) is 11.7. The quantitative estimate of drug-likeness (QED) is 0.617. The Morgan fingerprint density at radius 1 is 0.875 bits per heavy atom. The zero-order valence-corrected chi connectivity index (χ0v) is 15.7. The minimum atomic E-state index is 0.777. The molecule has 2 aromatic rings. The summed E-state index contributed by atoms with van der Waals surface area (Å²) in [5, 5.41) is 0. The average molecular weight is 319 g/mol. The van der Waals surface area contributed by atoms with E-state index in [1.807, 2.05) is 0 Å². The molecular weight excluding hydrogens is 288 g/mol. The van der Waals surface area contributed by atoms with Crippen molar-refractivity contribution >= 4 is 0 Å². The van der Waals surface area contributed by atoms with Crippen LogP contribution in [0.15, 0.2) is 30.3 Å². The smallest absolute Gasteiger partial charge is 0.00200 e. The van der Waals surface area contributed by atoms with E-state index in [0.717, 1.165) is 24.2 Å². The average Bonchev–Trinajstić information content (AvgIpc) is 3.30. The Hall–Kier alpha value is -1.56.